The van der Waals surface area contributed by atoms with Crippen LogP contribution in [0, 0.1) is 12.7 Å². The molecule has 0 atom stereocenters. The first-order valence-electron chi connectivity index (χ1n) is 10.4. The number of nitrogens with two attached hydrogens (primary N) is 1. The van der Waals surface area contributed by atoms with Crippen molar-refractivity contribution in [3.8, 4) is 22.5 Å². The number of halogens is 1. The van der Waals surface area contributed by atoms with Gasteiger partial charge in [-0.05, 0) is 42.3 Å². The highest BCUT2D eigenvalue weighted by Gasteiger charge is 2.25. The van der Waals surface area contributed by atoms with Gasteiger partial charge in [0, 0.05) is 23.4 Å². The molecule has 2 aromatic heterocycles. The Morgan fingerprint density at radius 3 is 2.75 bits per heavy atom. The number of hydrogen-bond acceptors (Lipinski definition) is 5. The molecular weight excluding hydrogens is 425 g/mol. The van der Waals surface area contributed by atoms with Crippen molar-refractivity contribution in [1.29, 1.82) is 0 Å². The van der Waals surface area contributed by atoms with Crippen molar-refractivity contribution in [3.05, 3.63) is 76.5 Å². The zero-order valence-electron chi connectivity index (χ0n) is 17.6. The molecule has 0 unspecified atom stereocenters. The van der Waals surface area contributed by atoms with Crippen molar-refractivity contribution in [2.24, 2.45) is 0 Å². The monoisotopic (exact) mass is 447 g/mol. The van der Waals surface area contributed by atoms with E-state index in [0.29, 0.717) is 35.9 Å². The standard InChI is InChI=1S/C24H22FN5OS/c1-15-11-17(7-8-18(15)25)20-12-21(16-5-3-2-4-6-16)30(28-20)14-23(31)29-10-9-19-22(13-29)32-24(26)27-19/h2-8,11-12H,9-10,13-14H2,1H3,(H2,26,27). The maximum Gasteiger partial charge on any atom is 0.244 e. The molecule has 8 heteroatoms. The van der Waals surface area contributed by atoms with Crippen molar-refractivity contribution in [2.45, 2.75) is 26.4 Å². The number of aromatic nitrogens is 3. The fourth-order valence-corrected chi connectivity index (χ4v) is 4.87. The second kappa shape index (κ2) is 8.20. The number of fused-ring (bicyclic) bond motifs is 1. The number of benzene rings is 2. The van der Waals surface area contributed by atoms with Crippen LogP contribution in [0.2, 0.25) is 0 Å². The van der Waals surface area contributed by atoms with E-state index in [1.165, 1.54) is 17.4 Å². The SMILES string of the molecule is Cc1cc(-c2cc(-c3ccccc3)n(CC(=O)N3CCc4nc(N)sc4C3)n2)ccc1F. The predicted molar refractivity (Wildman–Crippen MR) is 123 cm³/mol. The number of amides is 1. The lowest BCUT2D eigenvalue weighted by molar-refractivity contribution is -0.132. The normalized spacial score (nSPS) is 13.2. The molecule has 1 amide bonds. The van der Waals surface area contributed by atoms with Crippen molar-refractivity contribution in [3.63, 3.8) is 0 Å². The Bertz CT molecular complexity index is 1300. The van der Waals surface area contributed by atoms with E-state index in [1.54, 1.807) is 23.7 Å². The lowest BCUT2D eigenvalue weighted by Gasteiger charge is -2.26. The summed E-state index contributed by atoms with van der Waals surface area (Å²) in [5.41, 5.74) is 10.7. The summed E-state index contributed by atoms with van der Waals surface area (Å²) in [6, 6.07) is 16.7. The van der Waals surface area contributed by atoms with Crippen molar-refractivity contribution < 1.29 is 9.18 Å². The van der Waals surface area contributed by atoms with Gasteiger partial charge < -0.3 is 10.6 Å². The van der Waals surface area contributed by atoms with Gasteiger partial charge in [-0.1, -0.05) is 30.3 Å². The van der Waals surface area contributed by atoms with Crippen molar-refractivity contribution in [1.82, 2.24) is 19.7 Å². The molecule has 6 nitrogen and oxygen atoms in total. The lowest BCUT2D eigenvalue weighted by Crippen LogP contribution is -2.37. The molecule has 5 rings (SSSR count). The Labute approximate surface area is 189 Å². The zero-order chi connectivity index (χ0) is 22.2. The molecule has 1 aliphatic heterocycles. The number of nitrogen functional groups attached to an aromatic ring is 1. The van der Waals surface area contributed by atoms with E-state index in [-0.39, 0.29) is 18.3 Å². The van der Waals surface area contributed by atoms with Crippen molar-refractivity contribution in [2.75, 3.05) is 12.3 Å². The van der Waals surface area contributed by atoms with E-state index in [9.17, 15) is 9.18 Å². The Kier molecular flexibility index (Phi) is 5.22. The third kappa shape index (κ3) is 3.89. The summed E-state index contributed by atoms with van der Waals surface area (Å²) in [5.74, 6) is -0.260. The highest BCUT2D eigenvalue weighted by atomic mass is 32.1. The van der Waals surface area contributed by atoms with Crippen LogP contribution in [0.1, 0.15) is 16.1 Å². The molecule has 162 valence electrons. The summed E-state index contributed by atoms with van der Waals surface area (Å²) in [7, 11) is 0. The molecule has 0 radical (unpaired) electrons. The summed E-state index contributed by atoms with van der Waals surface area (Å²) in [6.07, 6.45) is 0.708. The minimum absolute atomic E-state index is 0.00950. The van der Waals surface area contributed by atoms with Crippen LogP contribution < -0.4 is 5.73 Å². The maximum absolute atomic E-state index is 13.8. The van der Waals surface area contributed by atoms with E-state index in [1.807, 2.05) is 41.3 Å². The van der Waals surface area contributed by atoms with Crippen molar-refractivity contribution >= 4 is 22.4 Å². The number of hydrogen-bond donors (Lipinski definition) is 1. The molecule has 2 N–H and O–H groups in total. The molecule has 4 aromatic rings. The summed E-state index contributed by atoms with van der Waals surface area (Å²) >= 11 is 1.44. The van der Waals surface area contributed by atoms with Gasteiger partial charge in [0.25, 0.3) is 0 Å². The molecular formula is C24H22FN5OS. The van der Waals surface area contributed by atoms with Gasteiger partial charge in [-0.25, -0.2) is 9.37 Å². The van der Waals surface area contributed by atoms with Crippen LogP contribution in [0.15, 0.2) is 54.6 Å². The third-order valence-electron chi connectivity index (χ3n) is 5.69. The lowest BCUT2D eigenvalue weighted by atomic mass is 10.1. The molecule has 2 aromatic carbocycles. The van der Waals surface area contributed by atoms with Gasteiger partial charge in [0.05, 0.1) is 23.6 Å². The van der Waals surface area contributed by atoms with E-state index >= 15 is 0 Å². The quantitative estimate of drug-likeness (QED) is 0.506. The second-order valence-corrected chi connectivity index (χ2v) is 9.00. The summed E-state index contributed by atoms with van der Waals surface area (Å²) in [4.78, 5) is 20.4. The average Bonchev–Trinajstić information content (AvgIpc) is 3.38. The van der Waals surface area contributed by atoms with Gasteiger partial charge in [-0.2, -0.15) is 5.10 Å². The number of aryl methyl sites for hydroxylation is 1. The topological polar surface area (TPSA) is 77.0 Å². The first kappa shape index (κ1) is 20.4. The number of anilines is 1. The fourth-order valence-electron chi connectivity index (χ4n) is 3.98. The van der Waals surface area contributed by atoms with Gasteiger partial charge in [0.1, 0.15) is 12.4 Å². The third-order valence-corrected chi connectivity index (χ3v) is 6.60. The Morgan fingerprint density at radius 2 is 1.97 bits per heavy atom. The minimum Gasteiger partial charge on any atom is -0.375 e. The number of nitrogens with zero attached hydrogens (tertiary/aromatic N) is 4. The van der Waals surface area contributed by atoms with Crippen LogP contribution in [0.4, 0.5) is 9.52 Å². The van der Waals surface area contributed by atoms with Crippen LogP contribution in [-0.4, -0.2) is 32.1 Å². The molecule has 0 saturated carbocycles. The summed E-state index contributed by atoms with van der Waals surface area (Å²) < 4.78 is 15.5. The Balaban J connectivity index is 1.46. The van der Waals surface area contributed by atoms with Gasteiger partial charge in [0.2, 0.25) is 5.91 Å². The van der Waals surface area contributed by atoms with E-state index in [0.717, 1.165) is 27.4 Å². The summed E-state index contributed by atoms with van der Waals surface area (Å²) in [6.45, 7) is 2.98. The van der Waals surface area contributed by atoms with Crippen LogP contribution >= 0.6 is 11.3 Å². The fraction of sp³-hybridized carbons (Fsp3) is 0.208. The molecule has 0 aliphatic carbocycles. The first-order chi connectivity index (χ1) is 15.5. The van der Waals surface area contributed by atoms with Gasteiger partial charge in [0.15, 0.2) is 5.13 Å². The number of rotatable bonds is 4. The van der Waals surface area contributed by atoms with Gasteiger partial charge >= 0.3 is 0 Å². The van der Waals surface area contributed by atoms with Crippen LogP contribution in [-0.2, 0) is 24.3 Å². The Morgan fingerprint density at radius 1 is 1.16 bits per heavy atom. The molecule has 3 heterocycles. The van der Waals surface area contributed by atoms with E-state index in [4.69, 9.17) is 10.8 Å². The van der Waals surface area contributed by atoms with E-state index in [2.05, 4.69) is 4.98 Å². The minimum atomic E-state index is -0.250. The average molecular weight is 448 g/mol. The van der Waals surface area contributed by atoms with Crippen LogP contribution in [0.25, 0.3) is 22.5 Å². The summed E-state index contributed by atoms with van der Waals surface area (Å²) in [5, 5.41) is 5.27. The molecule has 0 spiro atoms. The number of carbonyl (C=O) groups is 1. The van der Waals surface area contributed by atoms with E-state index < -0.39 is 0 Å². The molecule has 0 fully saturated rings. The second-order valence-electron chi connectivity index (χ2n) is 7.89. The first-order valence-corrected chi connectivity index (χ1v) is 11.2. The molecule has 32 heavy (non-hydrogen) atoms. The number of thiazole rings is 1. The smallest absolute Gasteiger partial charge is 0.244 e. The maximum atomic E-state index is 13.8. The van der Waals surface area contributed by atoms with Gasteiger partial charge in [-0.3, -0.25) is 9.48 Å². The highest BCUT2D eigenvalue weighted by molar-refractivity contribution is 7.15. The van der Waals surface area contributed by atoms with Crippen LogP contribution in [0.5, 0.6) is 0 Å². The largest absolute Gasteiger partial charge is 0.375 e. The van der Waals surface area contributed by atoms with Gasteiger partial charge in [-0.15, -0.1) is 11.3 Å². The predicted octanol–water partition coefficient (Wildman–Crippen LogP) is 4.29. The molecule has 0 bridgehead atoms. The van der Waals surface area contributed by atoms with Crippen LogP contribution in [0.3, 0.4) is 0 Å². The Hall–Kier alpha value is -3.52. The highest BCUT2D eigenvalue weighted by Crippen LogP contribution is 2.29. The molecule has 1 aliphatic rings. The number of carbonyl (C=O) groups excluding carboxylic acids is 1. The molecule has 0 saturated heterocycles. The zero-order valence-corrected chi connectivity index (χ0v) is 18.4.